The van der Waals surface area contributed by atoms with Gasteiger partial charge in [-0.25, -0.2) is 0 Å². The summed E-state index contributed by atoms with van der Waals surface area (Å²) in [5, 5.41) is 2.78. The molecule has 2 aromatic rings. The summed E-state index contributed by atoms with van der Waals surface area (Å²) in [5.74, 6) is 1.02. The van der Waals surface area contributed by atoms with Gasteiger partial charge in [0.2, 0.25) is 0 Å². The molecule has 0 nitrogen and oxygen atoms in total. The number of benzene rings is 2. The lowest BCUT2D eigenvalue weighted by molar-refractivity contribution is 0.672. The summed E-state index contributed by atoms with van der Waals surface area (Å²) in [5.41, 5.74) is 1.49. The van der Waals surface area contributed by atoms with Gasteiger partial charge < -0.3 is 0 Å². The smallest absolute Gasteiger partial charge is 0.00979 e. The molecule has 0 heterocycles. The summed E-state index contributed by atoms with van der Waals surface area (Å²) in [6.07, 6.45) is 6.38. The Bertz CT molecular complexity index is 457. The van der Waals surface area contributed by atoms with Crippen LogP contribution in [0.15, 0.2) is 42.5 Å². The maximum atomic E-state index is 4.24. The Morgan fingerprint density at radius 1 is 0.765 bits per heavy atom. The minimum atomic E-state index is 1.02. The zero-order valence-corrected chi connectivity index (χ0v) is 11.1. The van der Waals surface area contributed by atoms with Gasteiger partial charge in [0.05, 0.1) is 0 Å². The number of rotatable bonds is 6. The quantitative estimate of drug-likeness (QED) is 0.544. The van der Waals surface area contributed by atoms with Crippen LogP contribution in [0.4, 0.5) is 0 Å². The van der Waals surface area contributed by atoms with Crippen molar-refractivity contribution in [1.29, 1.82) is 0 Å². The van der Waals surface area contributed by atoms with E-state index in [1.165, 1.54) is 48.4 Å². The highest BCUT2D eigenvalue weighted by Gasteiger charge is 1.99. The standard InChI is InChI=1S/C16H20S/c17-13-6-2-1-3-8-14-10-7-11-15-9-4-5-12-16(14)15/h4-5,7,9-12,17H,1-3,6,8,13H2. The monoisotopic (exact) mass is 244 g/mol. The van der Waals surface area contributed by atoms with Gasteiger partial charge in [-0.3, -0.25) is 0 Å². The van der Waals surface area contributed by atoms with Gasteiger partial charge >= 0.3 is 0 Å². The van der Waals surface area contributed by atoms with Crippen molar-refractivity contribution in [1.82, 2.24) is 0 Å². The van der Waals surface area contributed by atoms with Gasteiger partial charge in [0.25, 0.3) is 0 Å². The fraction of sp³-hybridized carbons (Fsp3) is 0.375. The van der Waals surface area contributed by atoms with Gasteiger partial charge in [-0.1, -0.05) is 55.3 Å². The highest BCUT2D eigenvalue weighted by Crippen LogP contribution is 2.20. The Morgan fingerprint density at radius 2 is 1.53 bits per heavy atom. The van der Waals surface area contributed by atoms with Crippen LogP contribution in [-0.2, 0) is 6.42 Å². The minimum absolute atomic E-state index is 1.02. The maximum absolute atomic E-state index is 4.24. The molecular formula is C16H20S. The second-order valence-electron chi connectivity index (χ2n) is 4.53. The largest absolute Gasteiger partial charge is 0.179 e. The third kappa shape index (κ3) is 3.50. The van der Waals surface area contributed by atoms with Gasteiger partial charge in [-0.2, -0.15) is 12.6 Å². The lowest BCUT2D eigenvalue weighted by Gasteiger charge is -2.06. The first-order chi connectivity index (χ1) is 8.42. The molecule has 0 fully saturated rings. The van der Waals surface area contributed by atoms with Crippen molar-refractivity contribution >= 4 is 23.4 Å². The zero-order chi connectivity index (χ0) is 11.9. The average Bonchev–Trinajstić information content (AvgIpc) is 2.39. The van der Waals surface area contributed by atoms with Crippen LogP contribution in [0.5, 0.6) is 0 Å². The van der Waals surface area contributed by atoms with Crippen LogP contribution in [0.25, 0.3) is 10.8 Å². The maximum Gasteiger partial charge on any atom is -0.00979 e. The molecule has 0 bridgehead atoms. The summed E-state index contributed by atoms with van der Waals surface area (Å²) >= 11 is 4.24. The van der Waals surface area contributed by atoms with Gasteiger partial charge in [0.15, 0.2) is 0 Å². The van der Waals surface area contributed by atoms with E-state index in [-0.39, 0.29) is 0 Å². The third-order valence-corrected chi connectivity index (χ3v) is 3.55. The number of fused-ring (bicyclic) bond motifs is 1. The number of hydrogen-bond acceptors (Lipinski definition) is 1. The number of thiol groups is 1. The Balaban J connectivity index is 1.98. The molecule has 90 valence electrons. The summed E-state index contributed by atoms with van der Waals surface area (Å²) in [6.45, 7) is 0. The number of aryl methyl sites for hydroxylation is 1. The third-order valence-electron chi connectivity index (χ3n) is 3.23. The van der Waals surface area contributed by atoms with Crippen LogP contribution in [0.1, 0.15) is 31.2 Å². The van der Waals surface area contributed by atoms with Crippen molar-refractivity contribution < 1.29 is 0 Å². The van der Waals surface area contributed by atoms with Crippen LogP contribution in [-0.4, -0.2) is 5.75 Å². The van der Waals surface area contributed by atoms with E-state index in [1.54, 1.807) is 0 Å². The van der Waals surface area contributed by atoms with Gasteiger partial charge in [0.1, 0.15) is 0 Å². The molecule has 17 heavy (non-hydrogen) atoms. The summed E-state index contributed by atoms with van der Waals surface area (Å²) in [7, 11) is 0. The van der Waals surface area contributed by atoms with Gasteiger partial charge in [-0.05, 0) is 41.4 Å². The molecule has 1 heteroatoms. The van der Waals surface area contributed by atoms with Crippen LogP contribution in [0, 0.1) is 0 Å². The molecule has 2 rings (SSSR count). The molecule has 0 unspecified atom stereocenters. The summed E-state index contributed by atoms with van der Waals surface area (Å²) < 4.78 is 0. The molecule has 0 radical (unpaired) electrons. The van der Waals surface area contributed by atoms with E-state index in [1.807, 2.05) is 0 Å². The second kappa shape index (κ2) is 6.70. The van der Waals surface area contributed by atoms with Crippen LogP contribution in [0.3, 0.4) is 0 Å². The molecule has 0 saturated carbocycles. The van der Waals surface area contributed by atoms with Crippen molar-refractivity contribution in [2.24, 2.45) is 0 Å². The predicted octanol–water partition coefficient (Wildman–Crippen LogP) is 4.87. The molecule has 0 amide bonds. The first-order valence-corrected chi connectivity index (χ1v) is 7.12. The van der Waals surface area contributed by atoms with Crippen molar-refractivity contribution in [3.05, 3.63) is 48.0 Å². The van der Waals surface area contributed by atoms with Crippen LogP contribution >= 0.6 is 12.6 Å². The van der Waals surface area contributed by atoms with E-state index in [9.17, 15) is 0 Å². The first kappa shape index (κ1) is 12.5. The molecule has 0 aliphatic rings. The van der Waals surface area contributed by atoms with E-state index < -0.39 is 0 Å². The van der Waals surface area contributed by atoms with E-state index in [2.05, 4.69) is 55.1 Å². The molecule has 0 aliphatic carbocycles. The number of unbranched alkanes of at least 4 members (excludes halogenated alkanes) is 3. The molecule has 0 spiro atoms. The fourth-order valence-corrected chi connectivity index (χ4v) is 2.51. The lowest BCUT2D eigenvalue weighted by atomic mass is 9.99. The molecule has 0 atom stereocenters. The normalized spacial score (nSPS) is 10.9. The Kier molecular flexibility index (Phi) is 4.93. The molecule has 0 aliphatic heterocycles. The second-order valence-corrected chi connectivity index (χ2v) is 4.97. The zero-order valence-electron chi connectivity index (χ0n) is 10.2. The van der Waals surface area contributed by atoms with E-state index in [0.717, 1.165) is 5.75 Å². The van der Waals surface area contributed by atoms with Crippen molar-refractivity contribution in [2.45, 2.75) is 32.1 Å². The topological polar surface area (TPSA) is 0 Å². The highest BCUT2D eigenvalue weighted by molar-refractivity contribution is 7.80. The van der Waals surface area contributed by atoms with Gasteiger partial charge in [0, 0.05) is 0 Å². The Labute approximate surface area is 109 Å². The molecule has 0 N–H and O–H groups in total. The molecule has 0 aromatic heterocycles. The lowest BCUT2D eigenvalue weighted by Crippen LogP contribution is -1.88. The molecular weight excluding hydrogens is 224 g/mol. The van der Waals surface area contributed by atoms with Crippen molar-refractivity contribution in [3.63, 3.8) is 0 Å². The summed E-state index contributed by atoms with van der Waals surface area (Å²) in [4.78, 5) is 0. The Morgan fingerprint density at radius 3 is 2.41 bits per heavy atom. The number of hydrogen-bond donors (Lipinski definition) is 1. The van der Waals surface area contributed by atoms with Gasteiger partial charge in [-0.15, -0.1) is 0 Å². The average molecular weight is 244 g/mol. The molecule has 2 aromatic carbocycles. The predicted molar refractivity (Wildman–Crippen MR) is 80.0 cm³/mol. The van der Waals surface area contributed by atoms with E-state index in [0.29, 0.717) is 0 Å². The first-order valence-electron chi connectivity index (χ1n) is 6.49. The Hall–Kier alpha value is -0.950. The molecule has 0 saturated heterocycles. The minimum Gasteiger partial charge on any atom is -0.179 e. The van der Waals surface area contributed by atoms with E-state index in [4.69, 9.17) is 0 Å². The van der Waals surface area contributed by atoms with Crippen LogP contribution in [0.2, 0.25) is 0 Å². The van der Waals surface area contributed by atoms with E-state index >= 15 is 0 Å². The fourth-order valence-electron chi connectivity index (χ4n) is 2.29. The van der Waals surface area contributed by atoms with Crippen molar-refractivity contribution in [3.8, 4) is 0 Å². The summed E-state index contributed by atoms with van der Waals surface area (Å²) in [6, 6.07) is 15.3. The highest BCUT2D eigenvalue weighted by atomic mass is 32.1. The van der Waals surface area contributed by atoms with Crippen LogP contribution < -0.4 is 0 Å². The SMILES string of the molecule is SCCCCCCc1cccc2ccccc12. The van der Waals surface area contributed by atoms with Crippen molar-refractivity contribution in [2.75, 3.05) is 5.75 Å².